The van der Waals surface area contributed by atoms with E-state index in [-0.39, 0.29) is 16.1 Å². The van der Waals surface area contributed by atoms with E-state index in [0.717, 1.165) is 22.1 Å². The standard InChI is InChI=1S/C28H30GeN2S/c1-28(2,3)16-18-11-12-22-24(13-18)32-27-25(30-17-31-26(22)27)20-14-19-9-7-8-10-21(19)23(15-20)29(4,5)6/h7-15,17H,16H2,1-6H3/i4D3,5D3,6D3,17D. The number of hydrogen-bond acceptors (Lipinski definition) is 3. The Morgan fingerprint density at radius 3 is 2.56 bits per heavy atom. The molecule has 5 aromatic rings. The molecule has 5 rings (SSSR count). The quantitative estimate of drug-likeness (QED) is 0.232. The monoisotopic (exact) mass is 510 g/mol. The average molecular weight is 509 g/mol. The molecular weight excluding hydrogens is 469 g/mol. The zero-order chi connectivity index (χ0) is 31.0. The first-order chi connectivity index (χ1) is 19.2. The molecule has 0 radical (unpaired) electrons. The summed E-state index contributed by atoms with van der Waals surface area (Å²) in [5, 5.41) is 1.65. The minimum atomic E-state index is -6.08. The first kappa shape index (κ1) is 12.9. The van der Waals surface area contributed by atoms with Crippen LogP contribution in [-0.4, -0.2) is 23.2 Å². The molecule has 0 atom stereocenters. The Kier molecular flexibility index (Phi) is 3.08. The number of fused-ring (bicyclic) bond motifs is 4. The Balaban J connectivity index is 1.88. The Hall–Kier alpha value is -2.24. The van der Waals surface area contributed by atoms with Crippen LogP contribution in [0.5, 0.6) is 0 Å². The summed E-state index contributed by atoms with van der Waals surface area (Å²) in [6.45, 7) is 6.49. The maximum absolute atomic E-state index is 8.40. The Morgan fingerprint density at radius 2 is 1.78 bits per heavy atom. The molecule has 0 saturated carbocycles. The van der Waals surface area contributed by atoms with Crippen LogP contribution in [0.15, 0.2) is 60.9 Å². The molecule has 2 heterocycles. The van der Waals surface area contributed by atoms with Gasteiger partial charge in [0.1, 0.15) is 0 Å². The van der Waals surface area contributed by atoms with Gasteiger partial charge in [0, 0.05) is 0 Å². The van der Waals surface area contributed by atoms with Crippen molar-refractivity contribution < 1.29 is 13.7 Å². The van der Waals surface area contributed by atoms with Crippen LogP contribution in [0.3, 0.4) is 0 Å². The molecule has 0 aliphatic carbocycles. The summed E-state index contributed by atoms with van der Waals surface area (Å²) in [4.78, 5) is 8.84. The molecule has 2 aromatic heterocycles. The third-order valence-corrected chi connectivity index (χ3v) is 9.25. The van der Waals surface area contributed by atoms with Gasteiger partial charge in [0.2, 0.25) is 0 Å². The summed E-state index contributed by atoms with van der Waals surface area (Å²) in [7, 11) is 0. The van der Waals surface area contributed by atoms with Gasteiger partial charge in [-0.2, -0.15) is 0 Å². The first-order valence-electron chi connectivity index (χ1n) is 15.5. The van der Waals surface area contributed by atoms with Crippen molar-refractivity contribution >= 4 is 60.1 Å². The van der Waals surface area contributed by atoms with Gasteiger partial charge < -0.3 is 0 Å². The molecular formula is C28H30GeN2S. The molecule has 0 bridgehead atoms. The van der Waals surface area contributed by atoms with Crippen LogP contribution >= 0.6 is 11.3 Å². The maximum atomic E-state index is 8.40. The fourth-order valence-electron chi connectivity index (χ4n) is 4.25. The van der Waals surface area contributed by atoms with E-state index in [2.05, 4.69) is 36.8 Å². The zero-order valence-electron chi connectivity index (χ0n) is 28.2. The third-order valence-electron chi connectivity index (χ3n) is 5.54. The normalized spacial score (nSPS) is 18.6. The Morgan fingerprint density at radius 1 is 0.969 bits per heavy atom. The number of benzene rings is 3. The van der Waals surface area contributed by atoms with Crippen LogP contribution in [-0.2, 0) is 6.42 Å². The minimum absolute atomic E-state index is 0.0806. The molecule has 3 aromatic carbocycles. The molecule has 0 spiro atoms. The molecule has 0 N–H and O–H groups in total. The van der Waals surface area contributed by atoms with Crippen LogP contribution in [0, 0.1) is 5.41 Å². The first-order valence-corrected chi connectivity index (χ1v) is 15.5. The number of rotatable bonds is 3. The number of hydrogen-bond donors (Lipinski definition) is 0. The van der Waals surface area contributed by atoms with E-state index in [1.165, 1.54) is 17.4 Å². The van der Waals surface area contributed by atoms with Crippen molar-refractivity contribution in [2.45, 2.75) is 44.2 Å². The van der Waals surface area contributed by atoms with Crippen LogP contribution in [0.2, 0.25) is 17.1 Å². The van der Waals surface area contributed by atoms with Gasteiger partial charge in [0.25, 0.3) is 0 Å². The van der Waals surface area contributed by atoms with Crippen molar-refractivity contribution in [3.8, 4) is 11.3 Å². The van der Waals surface area contributed by atoms with Crippen LogP contribution in [0.25, 0.3) is 42.3 Å². The summed E-state index contributed by atoms with van der Waals surface area (Å²) >= 11 is -4.64. The van der Waals surface area contributed by atoms with E-state index in [1.807, 2.05) is 12.1 Å². The third kappa shape index (κ3) is 3.97. The SMILES string of the molecule is [2H]c1nc(-c2c[c]([Ge]([C]([2H])([2H])[2H])([C]([2H])([2H])[2H])[C]([2H])([2H])[2H])c3ccccc3c2)c2sc3cc(CC(C)(C)C)ccc3c2n1. The van der Waals surface area contributed by atoms with Gasteiger partial charge in [-0.05, 0) is 0 Å². The van der Waals surface area contributed by atoms with Crippen molar-refractivity contribution in [3.63, 3.8) is 0 Å². The second-order valence-electron chi connectivity index (χ2n) is 9.51. The van der Waals surface area contributed by atoms with Gasteiger partial charge in [-0.3, -0.25) is 0 Å². The van der Waals surface area contributed by atoms with Gasteiger partial charge in [0.15, 0.2) is 0 Å². The summed E-state index contributed by atoms with van der Waals surface area (Å²) in [5.41, 5.74) is -7.20. The fourth-order valence-corrected chi connectivity index (χ4v) is 7.57. The van der Waals surface area contributed by atoms with Crippen LogP contribution in [0.4, 0.5) is 0 Å². The van der Waals surface area contributed by atoms with E-state index in [1.54, 1.807) is 30.3 Å². The van der Waals surface area contributed by atoms with Gasteiger partial charge in [-0.1, -0.05) is 0 Å². The van der Waals surface area contributed by atoms with E-state index in [4.69, 9.17) is 13.7 Å². The molecule has 162 valence electrons. The molecule has 4 heteroatoms. The Bertz CT molecular complexity index is 1800. The number of thiophene rings is 1. The predicted octanol–water partition coefficient (Wildman–Crippen LogP) is 7.80. The zero-order valence-corrected chi connectivity index (χ0v) is 21.1. The van der Waals surface area contributed by atoms with E-state index in [0.29, 0.717) is 32.2 Å². The molecule has 0 amide bonds. The predicted molar refractivity (Wildman–Crippen MR) is 144 cm³/mol. The van der Waals surface area contributed by atoms with Crippen molar-refractivity contribution in [2.75, 3.05) is 0 Å². The molecule has 0 saturated heterocycles. The molecule has 0 aliphatic rings. The fraction of sp³-hybridized carbons (Fsp3) is 0.286. The van der Waals surface area contributed by atoms with Gasteiger partial charge in [0.05, 0.1) is 0 Å². The second kappa shape index (κ2) is 7.67. The second-order valence-corrected chi connectivity index (χ2v) is 14.8. The average Bonchev–Trinajstić information content (AvgIpc) is 3.17. The summed E-state index contributed by atoms with van der Waals surface area (Å²) < 4.78 is 85.5. The van der Waals surface area contributed by atoms with Crippen molar-refractivity contribution in [1.82, 2.24) is 9.97 Å². The molecule has 0 aliphatic heterocycles. The van der Waals surface area contributed by atoms with E-state index < -0.39 is 30.3 Å². The summed E-state index contributed by atoms with van der Waals surface area (Å²) in [5.74, 6) is 0. The number of aromatic nitrogens is 2. The Labute approximate surface area is 211 Å². The molecule has 2 nitrogen and oxygen atoms in total. The van der Waals surface area contributed by atoms with Gasteiger partial charge in [-0.25, -0.2) is 0 Å². The molecule has 32 heavy (non-hydrogen) atoms. The topological polar surface area (TPSA) is 25.8 Å². The van der Waals surface area contributed by atoms with Crippen LogP contribution < -0.4 is 4.40 Å². The van der Waals surface area contributed by atoms with Gasteiger partial charge in [-0.15, -0.1) is 0 Å². The van der Waals surface area contributed by atoms with Crippen molar-refractivity contribution in [3.05, 3.63) is 66.5 Å². The number of nitrogens with zero attached hydrogens (tertiary/aromatic N) is 2. The van der Waals surface area contributed by atoms with E-state index in [9.17, 15) is 0 Å². The summed E-state index contributed by atoms with van der Waals surface area (Å²) in [6, 6.07) is 15.9. The van der Waals surface area contributed by atoms with E-state index >= 15 is 0 Å². The molecule has 0 fully saturated rings. The van der Waals surface area contributed by atoms with Gasteiger partial charge >= 0.3 is 211 Å². The van der Waals surface area contributed by atoms with Crippen molar-refractivity contribution in [1.29, 1.82) is 0 Å². The van der Waals surface area contributed by atoms with Crippen LogP contribution in [0.1, 0.15) is 40.0 Å². The van der Waals surface area contributed by atoms with Crippen molar-refractivity contribution in [2.24, 2.45) is 5.41 Å². The summed E-state index contributed by atoms with van der Waals surface area (Å²) in [6.07, 6.45) is 0.613. The molecule has 0 unspecified atom stereocenters.